The molecule has 110 valence electrons. The van der Waals surface area contributed by atoms with E-state index in [4.69, 9.17) is 4.52 Å². The van der Waals surface area contributed by atoms with Crippen LogP contribution < -0.4 is 5.32 Å². The molecule has 4 nitrogen and oxygen atoms in total. The SMILES string of the molecule is c1cc2c(cc1-c1nc(C3CCCC3)no1)CCNCC2. The Balaban J connectivity index is 1.62. The predicted octanol–water partition coefficient (Wildman–Crippen LogP) is 3.08. The molecule has 0 spiro atoms. The van der Waals surface area contributed by atoms with Gasteiger partial charge in [0.05, 0.1) is 0 Å². The Kier molecular flexibility index (Phi) is 3.47. The fourth-order valence-corrected chi connectivity index (χ4v) is 3.51. The zero-order chi connectivity index (χ0) is 14.1. The molecule has 1 N–H and O–H groups in total. The van der Waals surface area contributed by atoms with Crippen LogP contribution in [0.1, 0.15) is 48.6 Å². The number of nitrogens with one attached hydrogen (secondary N) is 1. The molecule has 21 heavy (non-hydrogen) atoms. The molecule has 1 aliphatic heterocycles. The second-order valence-corrected chi connectivity index (χ2v) is 6.17. The fourth-order valence-electron chi connectivity index (χ4n) is 3.51. The molecular formula is C17H21N3O. The van der Waals surface area contributed by atoms with Crippen molar-refractivity contribution in [2.45, 2.75) is 44.4 Å². The first-order chi connectivity index (χ1) is 10.4. The first kappa shape index (κ1) is 13.0. The minimum atomic E-state index is 0.507. The average Bonchev–Trinajstić information content (AvgIpc) is 3.14. The first-order valence-corrected chi connectivity index (χ1v) is 8.06. The van der Waals surface area contributed by atoms with Gasteiger partial charge in [-0.05, 0) is 62.0 Å². The van der Waals surface area contributed by atoms with Crippen molar-refractivity contribution >= 4 is 0 Å². The van der Waals surface area contributed by atoms with Crippen LogP contribution in [0.4, 0.5) is 0 Å². The van der Waals surface area contributed by atoms with E-state index in [-0.39, 0.29) is 0 Å². The van der Waals surface area contributed by atoms with E-state index in [1.165, 1.54) is 36.8 Å². The van der Waals surface area contributed by atoms with E-state index in [0.717, 1.165) is 37.3 Å². The summed E-state index contributed by atoms with van der Waals surface area (Å²) in [6.45, 7) is 2.12. The topological polar surface area (TPSA) is 51.0 Å². The van der Waals surface area contributed by atoms with Crippen molar-refractivity contribution in [3.63, 3.8) is 0 Å². The predicted molar refractivity (Wildman–Crippen MR) is 81.2 cm³/mol. The maximum atomic E-state index is 5.51. The van der Waals surface area contributed by atoms with Crippen molar-refractivity contribution in [1.29, 1.82) is 0 Å². The van der Waals surface area contributed by atoms with Gasteiger partial charge in [0.1, 0.15) is 0 Å². The molecule has 0 saturated heterocycles. The third-order valence-electron chi connectivity index (χ3n) is 4.76. The van der Waals surface area contributed by atoms with Crippen LogP contribution in [0.25, 0.3) is 11.5 Å². The number of hydrogen-bond donors (Lipinski definition) is 1. The zero-order valence-electron chi connectivity index (χ0n) is 12.3. The van der Waals surface area contributed by atoms with Crippen molar-refractivity contribution < 1.29 is 4.52 Å². The molecule has 0 atom stereocenters. The lowest BCUT2D eigenvalue weighted by atomic mass is 10.00. The molecule has 0 radical (unpaired) electrons. The van der Waals surface area contributed by atoms with E-state index < -0.39 is 0 Å². The highest BCUT2D eigenvalue weighted by atomic mass is 16.5. The third kappa shape index (κ3) is 2.60. The zero-order valence-corrected chi connectivity index (χ0v) is 12.3. The minimum absolute atomic E-state index is 0.507. The number of hydrogen-bond acceptors (Lipinski definition) is 4. The number of rotatable bonds is 2. The minimum Gasteiger partial charge on any atom is -0.334 e. The van der Waals surface area contributed by atoms with Gasteiger partial charge in [-0.1, -0.05) is 24.1 Å². The fraction of sp³-hybridized carbons (Fsp3) is 0.529. The van der Waals surface area contributed by atoms with Crippen LogP contribution in [0.15, 0.2) is 22.7 Å². The van der Waals surface area contributed by atoms with Gasteiger partial charge in [0, 0.05) is 11.5 Å². The molecular weight excluding hydrogens is 262 g/mol. The molecule has 1 saturated carbocycles. The van der Waals surface area contributed by atoms with Gasteiger partial charge in [0.25, 0.3) is 5.89 Å². The van der Waals surface area contributed by atoms with Crippen LogP contribution in [0, 0.1) is 0 Å². The van der Waals surface area contributed by atoms with Crippen LogP contribution in [0.3, 0.4) is 0 Å². The van der Waals surface area contributed by atoms with E-state index in [1.54, 1.807) is 0 Å². The second kappa shape index (κ2) is 5.60. The maximum absolute atomic E-state index is 5.51. The van der Waals surface area contributed by atoms with Crippen LogP contribution in [-0.2, 0) is 12.8 Å². The van der Waals surface area contributed by atoms with Crippen molar-refractivity contribution in [1.82, 2.24) is 15.5 Å². The number of nitrogens with zero attached hydrogens (tertiary/aromatic N) is 2. The molecule has 0 unspecified atom stereocenters. The quantitative estimate of drug-likeness (QED) is 0.920. The Morgan fingerprint density at radius 2 is 1.86 bits per heavy atom. The highest BCUT2D eigenvalue weighted by molar-refractivity contribution is 5.56. The summed E-state index contributed by atoms with van der Waals surface area (Å²) in [6.07, 6.45) is 7.17. The lowest BCUT2D eigenvalue weighted by Gasteiger charge is -2.06. The van der Waals surface area contributed by atoms with E-state index in [0.29, 0.717) is 11.8 Å². The van der Waals surface area contributed by atoms with Crippen LogP contribution >= 0.6 is 0 Å². The molecule has 1 fully saturated rings. The summed E-state index contributed by atoms with van der Waals surface area (Å²) in [5.41, 5.74) is 3.92. The molecule has 2 heterocycles. The normalized spacial score (nSPS) is 19.4. The second-order valence-electron chi connectivity index (χ2n) is 6.17. The summed E-state index contributed by atoms with van der Waals surface area (Å²) in [6, 6.07) is 6.57. The van der Waals surface area contributed by atoms with Gasteiger partial charge in [0.15, 0.2) is 5.82 Å². The van der Waals surface area contributed by atoms with Gasteiger partial charge in [0.2, 0.25) is 0 Å². The van der Waals surface area contributed by atoms with Crippen LogP contribution in [-0.4, -0.2) is 23.2 Å². The maximum Gasteiger partial charge on any atom is 0.257 e. The Bertz CT molecular complexity index is 629. The highest BCUT2D eigenvalue weighted by Crippen LogP contribution is 2.33. The smallest absolute Gasteiger partial charge is 0.257 e. The lowest BCUT2D eigenvalue weighted by molar-refractivity contribution is 0.415. The first-order valence-electron chi connectivity index (χ1n) is 8.06. The molecule has 0 amide bonds. The van der Waals surface area contributed by atoms with Crippen molar-refractivity contribution in [3.05, 3.63) is 35.2 Å². The molecule has 1 aromatic carbocycles. The summed E-state index contributed by atoms with van der Waals surface area (Å²) < 4.78 is 5.51. The Hall–Kier alpha value is -1.68. The Morgan fingerprint density at radius 1 is 1.05 bits per heavy atom. The summed E-state index contributed by atoms with van der Waals surface area (Å²) in [4.78, 5) is 4.64. The van der Waals surface area contributed by atoms with Gasteiger partial charge in [-0.15, -0.1) is 0 Å². The van der Waals surface area contributed by atoms with Crippen molar-refractivity contribution in [2.24, 2.45) is 0 Å². The van der Waals surface area contributed by atoms with Gasteiger partial charge < -0.3 is 9.84 Å². The standard InChI is InChI=1S/C17H21N3O/c1-2-4-13(3-1)16-19-17(21-20-16)15-6-5-12-7-9-18-10-8-14(12)11-15/h5-6,11,13,18H,1-4,7-10H2. The van der Waals surface area contributed by atoms with Crippen LogP contribution in [0.2, 0.25) is 0 Å². The summed E-state index contributed by atoms with van der Waals surface area (Å²) in [5, 5.41) is 7.65. The largest absolute Gasteiger partial charge is 0.334 e. The Labute approximate surface area is 124 Å². The third-order valence-corrected chi connectivity index (χ3v) is 4.76. The molecule has 0 bridgehead atoms. The van der Waals surface area contributed by atoms with Crippen LogP contribution in [0.5, 0.6) is 0 Å². The number of aromatic nitrogens is 2. The van der Waals surface area contributed by atoms with Crippen molar-refractivity contribution in [2.75, 3.05) is 13.1 Å². The number of fused-ring (bicyclic) bond motifs is 1. The van der Waals surface area contributed by atoms with E-state index in [1.807, 2.05) is 0 Å². The highest BCUT2D eigenvalue weighted by Gasteiger charge is 2.23. The van der Waals surface area contributed by atoms with E-state index in [2.05, 4.69) is 33.7 Å². The molecule has 2 aliphatic rings. The monoisotopic (exact) mass is 283 g/mol. The molecule has 1 aromatic heterocycles. The van der Waals surface area contributed by atoms with Gasteiger partial charge in [-0.25, -0.2) is 0 Å². The van der Waals surface area contributed by atoms with E-state index >= 15 is 0 Å². The molecule has 4 rings (SSSR count). The van der Waals surface area contributed by atoms with E-state index in [9.17, 15) is 0 Å². The Morgan fingerprint density at radius 3 is 2.71 bits per heavy atom. The van der Waals surface area contributed by atoms with Gasteiger partial charge in [-0.3, -0.25) is 0 Å². The summed E-state index contributed by atoms with van der Waals surface area (Å²) >= 11 is 0. The van der Waals surface area contributed by atoms with Gasteiger partial charge in [-0.2, -0.15) is 4.98 Å². The molecule has 1 aliphatic carbocycles. The number of benzene rings is 1. The van der Waals surface area contributed by atoms with Gasteiger partial charge >= 0.3 is 0 Å². The molecule has 4 heteroatoms. The lowest BCUT2D eigenvalue weighted by Crippen LogP contribution is -2.16. The summed E-state index contributed by atoms with van der Waals surface area (Å²) in [7, 11) is 0. The van der Waals surface area contributed by atoms with Crippen molar-refractivity contribution in [3.8, 4) is 11.5 Å². The average molecular weight is 283 g/mol. The molecule has 2 aromatic rings. The summed E-state index contributed by atoms with van der Waals surface area (Å²) in [5.74, 6) is 2.09.